The summed E-state index contributed by atoms with van der Waals surface area (Å²) in [4.78, 5) is 16.3. The molecule has 23 heavy (non-hydrogen) atoms. The first-order valence-corrected chi connectivity index (χ1v) is 7.47. The normalized spacial score (nSPS) is 13.2. The first-order chi connectivity index (χ1) is 11.0. The highest BCUT2D eigenvalue weighted by Crippen LogP contribution is 2.25. The molecule has 0 amide bonds. The molecule has 122 valence electrons. The van der Waals surface area contributed by atoms with Crippen molar-refractivity contribution in [3.8, 4) is 5.75 Å². The Labute approximate surface area is 136 Å². The van der Waals surface area contributed by atoms with Gasteiger partial charge in [-0.25, -0.2) is 4.98 Å². The third kappa shape index (κ3) is 4.45. The summed E-state index contributed by atoms with van der Waals surface area (Å²) in [5, 5.41) is 0. The first-order valence-electron chi connectivity index (χ1n) is 7.47. The van der Waals surface area contributed by atoms with E-state index in [1.165, 1.54) is 0 Å². The molecule has 5 heteroatoms. The van der Waals surface area contributed by atoms with Crippen molar-refractivity contribution in [3.05, 3.63) is 60.7 Å². The van der Waals surface area contributed by atoms with Crippen LogP contribution in [0.15, 0.2) is 55.1 Å². The van der Waals surface area contributed by atoms with E-state index in [1.54, 1.807) is 19.6 Å². The van der Waals surface area contributed by atoms with E-state index >= 15 is 0 Å². The molecule has 0 fully saturated rings. The van der Waals surface area contributed by atoms with Crippen LogP contribution in [0.1, 0.15) is 31.9 Å². The zero-order valence-corrected chi connectivity index (χ0v) is 13.7. The quantitative estimate of drug-likeness (QED) is 0.581. The lowest BCUT2D eigenvalue weighted by Crippen LogP contribution is -2.20. The number of esters is 1. The predicted octanol–water partition coefficient (Wildman–Crippen LogP) is 3.38. The van der Waals surface area contributed by atoms with Gasteiger partial charge in [0, 0.05) is 12.4 Å². The van der Waals surface area contributed by atoms with Crippen molar-refractivity contribution in [2.75, 3.05) is 7.11 Å². The number of imidazole rings is 1. The van der Waals surface area contributed by atoms with Crippen molar-refractivity contribution in [2.24, 2.45) is 0 Å². The number of benzene rings is 1. The van der Waals surface area contributed by atoms with Crippen molar-refractivity contribution < 1.29 is 14.3 Å². The molecule has 0 N–H and O–H groups in total. The van der Waals surface area contributed by atoms with Crippen LogP contribution in [0.4, 0.5) is 0 Å². The number of methoxy groups -OCH3 is 1. The van der Waals surface area contributed by atoms with Gasteiger partial charge in [0.05, 0.1) is 25.9 Å². The Kier molecular flexibility index (Phi) is 5.57. The molecule has 0 radical (unpaired) electrons. The first kappa shape index (κ1) is 16.8. The molecule has 0 aliphatic carbocycles. The van der Waals surface area contributed by atoms with E-state index in [0.29, 0.717) is 0 Å². The van der Waals surface area contributed by atoms with Crippen molar-refractivity contribution in [1.82, 2.24) is 9.55 Å². The zero-order chi connectivity index (χ0) is 16.8. The summed E-state index contributed by atoms with van der Waals surface area (Å²) in [6.07, 6.45) is 5.16. The number of aromatic nitrogens is 2. The predicted molar refractivity (Wildman–Crippen MR) is 88.3 cm³/mol. The molecule has 5 nitrogen and oxygen atoms in total. The molecule has 0 aliphatic rings. The fourth-order valence-electron chi connectivity index (χ4n) is 2.18. The minimum atomic E-state index is -0.290. The Morgan fingerprint density at radius 3 is 2.57 bits per heavy atom. The van der Waals surface area contributed by atoms with Crippen molar-refractivity contribution in [1.29, 1.82) is 0 Å². The van der Waals surface area contributed by atoms with Crippen LogP contribution in [-0.2, 0) is 9.53 Å². The van der Waals surface area contributed by atoms with Gasteiger partial charge in [0.2, 0.25) is 0 Å². The van der Waals surface area contributed by atoms with Crippen LogP contribution >= 0.6 is 0 Å². The highest BCUT2D eigenvalue weighted by Gasteiger charge is 2.20. The van der Waals surface area contributed by atoms with Gasteiger partial charge in [-0.3, -0.25) is 4.79 Å². The van der Waals surface area contributed by atoms with Crippen LogP contribution in [0, 0.1) is 0 Å². The lowest BCUT2D eigenvalue weighted by Gasteiger charge is -2.20. The average molecular weight is 314 g/mol. The van der Waals surface area contributed by atoms with Crippen LogP contribution < -0.4 is 4.74 Å². The van der Waals surface area contributed by atoms with E-state index < -0.39 is 0 Å². The molecular formula is C18H22N2O3. The molecule has 0 saturated heterocycles. The highest BCUT2D eigenvalue weighted by molar-refractivity contribution is 5.71. The number of hydrogen-bond acceptors (Lipinski definition) is 4. The van der Waals surface area contributed by atoms with E-state index in [9.17, 15) is 4.79 Å². The molecule has 2 rings (SSSR count). The number of nitrogens with zero attached hydrogens (tertiary/aromatic N) is 2. The van der Waals surface area contributed by atoms with E-state index in [1.807, 2.05) is 48.9 Å². The molecule has 1 aromatic carbocycles. The van der Waals surface area contributed by atoms with Crippen LogP contribution in [0.2, 0.25) is 0 Å². The Morgan fingerprint density at radius 1 is 1.35 bits per heavy atom. The molecule has 2 unspecified atom stereocenters. The maximum absolute atomic E-state index is 12.2. The fraction of sp³-hybridized carbons (Fsp3) is 0.333. The molecule has 1 aromatic heterocycles. The van der Waals surface area contributed by atoms with E-state index in [0.717, 1.165) is 16.9 Å². The number of carbonyl (C=O) groups excluding carboxylic acids is 1. The topological polar surface area (TPSA) is 53.4 Å². The minimum Gasteiger partial charge on any atom is -0.497 e. The monoisotopic (exact) mass is 314 g/mol. The fourth-order valence-corrected chi connectivity index (χ4v) is 2.18. The highest BCUT2D eigenvalue weighted by atomic mass is 16.5. The summed E-state index contributed by atoms with van der Waals surface area (Å²) >= 11 is 0. The van der Waals surface area contributed by atoms with Crippen molar-refractivity contribution in [2.45, 2.75) is 32.4 Å². The van der Waals surface area contributed by atoms with Gasteiger partial charge in [-0.05, 0) is 37.1 Å². The van der Waals surface area contributed by atoms with Gasteiger partial charge in [-0.15, -0.1) is 0 Å². The van der Waals surface area contributed by atoms with Crippen molar-refractivity contribution in [3.63, 3.8) is 0 Å². The van der Waals surface area contributed by atoms with Crippen LogP contribution in [0.25, 0.3) is 0 Å². The Balaban J connectivity index is 2.18. The zero-order valence-electron chi connectivity index (χ0n) is 13.7. The summed E-state index contributed by atoms with van der Waals surface area (Å²) in [5.74, 6) is 0.506. The Bertz CT molecular complexity index is 647. The second kappa shape index (κ2) is 7.63. The minimum absolute atomic E-state index is 0.173. The molecule has 2 atom stereocenters. The number of rotatable bonds is 7. The largest absolute Gasteiger partial charge is 0.497 e. The maximum Gasteiger partial charge on any atom is 0.308 e. The van der Waals surface area contributed by atoms with Gasteiger partial charge in [0.1, 0.15) is 11.9 Å². The lowest BCUT2D eigenvalue weighted by molar-refractivity contribution is -0.147. The summed E-state index contributed by atoms with van der Waals surface area (Å²) in [6, 6.07) is 7.47. The van der Waals surface area contributed by atoms with Crippen LogP contribution in [-0.4, -0.2) is 28.7 Å². The van der Waals surface area contributed by atoms with Gasteiger partial charge in [-0.2, -0.15) is 0 Å². The average Bonchev–Trinajstić information content (AvgIpc) is 3.06. The third-order valence-corrected chi connectivity index (χ3v) is 3.75. The Hall–Kier alpha value is -2.56. The molecule has 0 spiro atoms. The molecule has 2 aromatic rings. The standard InChI is InChI=1S/C18H22N2O3/c1-13(2)14(3)23-18(21)11-17(20-10-9-19-12-20)15-5-7-16(22-4)8-6-15/h5-10,12,14,17H,1,11H2,2-4H3. The van der Waals surface area contributed by atoms with Crippen molar-refractivity contribution >= 4 is 5.97 Å². The molecule has 0 aliphatic heterocycles. The maximum atomic E-state index is 12.2. The SMILES string of the molecule is C=C(C)C(C)OC(=O)CC(c1ccc(OC)cc1)n1ccnc1. The Morgan fingerprint density at radius 2 is 2.04 bits per heavy atom. The summed E-state index contributed by atoms with van der Waals surface area (Å²) < 4.78 is 12.5. The summed E-state index contributed by atoms with van der Waals surface area (Å²) in [6.45, 7) is 7.47. The van der Waals surface area contributed by atoms with Gasteiger partial charge >= 0.3 is 5.97 Å². The number of hydrogen-bond donors (Lipinski definition) is 0. The van der Waals surface area contributed by atoms with Gasteiger partial charge in [0.25, 0.3) is 0 Å². The molecule has 0 saturated carbocycles. The number of carbonyl (C=O) groups is 1. The third-order valence-electron chi connectivity index (χ3n) is 3.75. The van der Waals surface area contributed by atoms with Gasteiger partial charge in [0.15, 0.2) is 0 Å². The van der Waals surface area contributed by atoms with Crippen LogP contribution in [0.3, 0.4) is 0 Å². The smallest absolute Gasteiger partial charge is 0.308 e. The van der Waals surface area contributed by atoms with E-state index in [2.05, 4.69) is 11.6 Å². The van der Waals surface area contributed by atoms with Crippen LogP contribution in [0.5, 0.6) is 5.75 Å². The molecular weight excluding hydrogens is 292 g/mol. The van der Waals surface area contributed by atoms with Gasteiger partial charge in [-0.1, -0.05) is 18.7 Å². The summed E-state index contributed by atoms with van der Waals surface area (Å²) in [5.41, 5.74) is 1.81. The van der Waals surface area contributed by atoms with E-state index in [4.69, 9.17) is 9.47 Å². The van der Waals surface area contributed by atoms with Gasteiger partial charge < -0.3 is 14.0 Å². The summed E-state index contributed by atoms with van der Waals surface area (Å²) in [7, 11) is 1.62. The van der Waals surface area contributed by atoms with E-state index in [-0.39, 0.29) is 24.5 Å². The molecule has 1 heterocycles. The number of ether oxygens (including phenoxy) is 2. The second-order valence-corrected chi connectivity index (χ2v) is 5.48. The molecule has 0 bridgehead atoms. The lowest BCUT2D eigenvalue weighted by atomic mass is 10.0. The second-order valence-electron chi connectivity index (χ2n) is 5.48.